The van der Waals surface area contributed by atoms with Gasteiger partial charge in [0.2, 0.25) is 0 Å². The Kier molecular flexibility index (Phi) is 3.89. The lowest BCUT2D eigenvalue weighted by atomic mass is 9.99. The molecule has 0 bridgehead atoms. The molecule has 0 amide bonds. The number of hydrogen-bond donors (Lipinski definition) is 1. The fourth-order valence-corrected chi connectivity index (χ4v) is 2.00. The Bertz CT molecular complexity index is 560. The van der Waals surface area contributed by atoms with E-state index in [1.54, 1.807) is 19.2 Å². The van der Waals surface area contributed by atoms with Gasteiger partial charge in [0, 0.05) is 11.8 Å². The van der Waals surface area contributed by atoms with E-state index in [2.05, 4.69) is 10.3 Å². The fraction of sp³-hybridized carbons (Fsp3) is 0.154. The van der Waals surface area contributed by atoms with Crippen molar-refractivity contribution in [2.24, 2.45) is 0 Å². The number of aromatic nitrogens is 1. The summed E-state index contributed by atoms with van der Waals surface area (Å²) in [6.45, 7) is 0. The van der Waals surface area contributed by atoms with Crippen LogP contribution in [0, 0.1) is 11.6 Å². The Morgan fingerprint density at radius 2 is 2.00 bits per heavy atom. The fourth-order valence-electron chi connectivity index (χ4n) is 1.81. The Labute approximate surface area is 109 Å². The summed E-state index contributed by atoms with van der Waals surface area (Å²) < 4.78 is 26.8. The molecule has 2 aromatic rings. The van der Waals surface area contributed by atoms with Crippen molar-refractivity contribution in [3.05, 3.63) is 64.4 Å². The maximum absolute atomic E-state index is 13.7. The largest absolute Gasteiger partial charge is 0.309 e. The smallest absolute Gasteiger partial charge is 0.146 e. The normalized spacial score (nSPS) is 12.4. The van der Waals surface area contributed by atoms with Crippen molar-refractivity contribution in [1.82, 2.24) is 10.3 Å². The SMILES string of the molecule is CNC(c1ccc(F)c(Cl)c1)c1ccncc1F. The molecule has 1 aromatic heterocycles. The lowest BCUT2D eigenvalue weighted by molar-refractivity contribution is 0.569. The number of nitrogens with one attached hydrogen (secondary N) is 1. The summed E-state index contributed by atoms with van der Waals surface area (Å²) in [5, 5.41) is 2.99. The molecular weight excluding hydrogens is 258 g/mol. The van der Waals surface area contributed by atoms with Crippen LogP contribution < -0.4 is 5.32 Å². The minimum absolute atomic E-state index is 0.0159. The van der Waals surface area contributed by atoms with Gasteiger partial charge >= 0.3 is 0 Å². The zero-order chi connectivity index (χ0) is 13.1. The van der Waals surface area contributed by atoms with E-state index in [4.69, 9.17) is 11.6 Å². The molecule has 0 aliphatic carbocycles. The van der Waals surface area contributed by atoms with Crippen LogP contribution in [0.2, 0.25) is 5.02 Å². The lowest BCUT2D eigenvalue weighted by Crippen LogP contribution is -2.19. The van der Waals surface area contributed by atoms with Gasteiger partial charge in [-0.2, -0.15) is 0 Å². The average Bonchev–Trinajstić information content (AvgIpc) is 2.37. The first-order valence-corrected chi connectivity index (χ1v) is 5.73. The average molecular weight is 269 g/mol. The monoisotopic (exact) mass is 268 g/mol. The van der Waals surface area contributed by atoms with Gasteiger partial charge in [-0.3, -0.25) is 4.98 Å². The third-order valence-electron chi connectivity index (χ3n) is 2.68. The molecule has 1 atom stereocenters. The molecule has 0 aliphatic rings. The summed E-state index contributed by atoms with van der Waals surface area (Å²) in [5.41, 5.74) is 1.13. The maximum Gasteiger partial charge on any atom is 0.146 e. The molecule has 5 heteroatoms. The van der Waals surface area contributed by atoms with Crippen LogP contribution in [0.3, 0.4) is 0 Å². The summed E-state index contributed by atoms with van der Waals surface area (Å²) >= 11 is 5.73. The molecule has 0 spiro atoms. The van der Waals surface area contributed by atoms with E-state index in [1.807, 2.05) is 0 Å². The summed E-state index contributed by atoms with van der Waals surface area (Å²) in [4.78, 5) is 3.70. The molecule has 0 aliphatic heterocycles. The Morgan fingerprint density at radius 1 is 1.22 bits per heavy atom. The van der Waals surface area contributed by atoms with Crippen LogP contribution in [0.5, 0.6) is 0 Å². The van der Waals surface area contributed by atoms with Crippen LogP contribution >= 0.6 is 11.6 Å². The molecule has 2 nitrogen and oxygen atoms in total. The second-order valence-corrected chi connectivity index (χ2v) is 4.20. The van der Waals surface area contributed by atoms with Crippen molar-refractivity contribution in [2.75, 3.05) is 7.05 Å². The zero-order valence-corrected chi connectivity index (χ0v) is 10.4. The molecule has 1 aromatic carbocycles. The van der Waals surface area contributed by atoms with Crippen molar-refractivity contribution in [2.45, 2.75) is 6.04 Å². The van der Waals surface area contributed by atoms with E-state index in [1.165, 1.54) is 18.3 Å². The maximum atomic E-state index is 13.7. The van der Waals surface area contributed by atoms with Crippen molar-refractivity contribution < 1.29 is 8.78 Å². The number of rotatable bonds is 3. The van der Waals surface area contributed by atoms with Gasteiger partial charge in [-0.25, -0.2) is 8.78 Å². The highest BCUT2D eigenvalue weighted by molar-refractivity contribution is 6.30. The van der Waals surface area contributed by atoms with E-state index < -0.39 is 17.7 Å². The number of nitrogens with zero attached hydrogens (tertiary/aromatic N) is 1. The molecular formula is C13H11ClF2N2. The van der Waals surface area contributed by atoms with E-state index in [-0.39, 0.29) is 5.02 Å². The summed E-state index contributed by atoms with van der Waals surface area (Å²) in [6, 6.07) is 5.50. The van der Waals surface area contributed by atoms with E-state index in [0.29, 0.717) is 11.1 Å². The molecule has 0 saturated heterocycles. The third-order valence-corrected chi connectivity index (χ3v) is 2.97. The van der Waals surface area contributed by atoms with Gasteiger partial charge in [-0.1, -0.05) is 17.7 Å². The Balaban J connectivity index is 2.45. The third kappa shape index (κ3) is 2.49. The molecule has 0 radical (unpaired) electrons. The van der Waals surface area contributed by atoms with Gasteiger partial charge in [0.1, 0.15) is 11.6 Å². The van der Waals surface area contributed by atoms with Crippen LogP contribution in [0.25, 0.3) is 0 Å². The highest BCUT2D eigenvalue weighted by atomic mass is 35.5. The second kappa shape index (κ2) is 5.42. The van der Waals surface area contributed by atoms with E-state index in [0.717, 1.165) is 6.20 Å². The quantitative estimate of drug-likeness (QED) is 0.924. The lowest BCUT2D eigenvalue weighted by Gasteiger charge is -2.18. The highest BCUT2D eigenvalue weighted by Crippen LogP contribution is 2.26. The summed E-state index contributed by atoms with van der Waals surface area (Å²) in [5.74, 6) is -0.914. The first kappa shape index (κ1) is 12.9. The number of halogens is 3. The minimum Gasteiger partial charge on any atom is -0.309 e. The predicted octanol–water partition coefficient (Wildman–Crippen LogP) is 3.32. The van der Waals surface area contributed by atoms with Gasteiger partial charge in [0.15, 0.2) is 0 Å². The molecule has 0 fully saturated rings. The number of benzene rings is 1. The topological polar surface area (TPSA) is 24.9 Å². The van der Waals surface area contributed by atoms with Crippen LogP contribution in [-0.2, 0) is 0 Å². The van der Waals surface area contributed by atoms with Gasteiger partial charge in [-0.15, -0.1) is 0 Å². The standard InChI is InChI=1S/C13H11ClF2N2/c1-17-13(9-4-5-18-7-12(9)16)8-2-3-11(15)10(14)6-8/h2-7,13,17H,1H3. The van der Waals surface area contributed by atoms with Crippen molar-refractivity contribution in [3.63, 3.8) is 0 Å². The first-order valence-electron chi connectivity index (χ1n) is 5.35. The Hall–Kier alpha value is -1.52. The van der Waals surface area contributed by atoms with Crippen LogP contribution in [0.1, 0.15) is 17.2 Å². The van der Waals surface area contributed by atoms with Gasteiger partial charge in [0.05, 0.1) is 17.3 Å². The number of pyridine rings is 1. The van der Waals surface area contributed by atoms with Gasteiger partial charge < -0.3 is 5.32 Å². The molecule has 0 saturated carbocycles. The van der Waals surface area contributed by atoms with Crippen molar-refractivity contribution >= 4 is 11.6 Å². The molecule has 18 heavy (non-hydrogen) atoms. The Morgan fingerprint density at radius 3 is 2.61 bits per heavy atom. The van der Waals surface area contributed by atoms with Gasteiger partial charge in [-0.05, 0) is 30.8 Å². The van der Waals surface area contributed by atoms with Crippen LogP contribution in [-0.4, -0.2) is 12.0 Å². The summed E-state index contributed by atoms with van der Waals surface area (Å²) in [6.07, 6.45) is 2.65. The molecule has 1 N–H and O–H groups in total. The first-order chi connectivity index (χ1) is 8.63. The van der Waals surface area contributed by atoms with E-state index >= 15 is 0 Å². The summed E-state index contributed by atoms with van der Waals surface area (Å²) in [7, 11) is 1.70. The van der Waals surface area contributed by atoms with Crippen molar-refractivity contribution in [3.8, 4) is 0 Å². The van der Waals surface area contributed by atoms with Crippen molar-refractivity contribution in [1.29, 1.82) is 0 Å². The van der Waals surface area contributed by atoms with Gasteiger partial charge in [0.25, 0.3) is 0 Å². The molecule has 1 unspecified atom stereocenters. The van der Waals surface area contributed by atoms with Crippen LogP contribution in [0.15, 0.2) is 36.7 Å². The van der Waals surface area contributed by atoms with Crippen LogP contribution in [0.4, 0.5) is 8.78 Å². The highest BCUT2D eigenvalue weighted by Gasteiger charge is 2.17. The number of hydrogen-bond acceptors (Lipinski definition) is 2. The molecule has 2 rings (SSSR count). The second-order valence-electron chi connectivity index (χ2n) is 3.79. The molecule has 1 heterocycles. The minimum atomic E-state index is -0.495. The molecule has 94 valence electrons. The van der Waals surface area contributed by atoms with E-state index in [9.17, 15) is 8.78 Å². The predicted molar refractivity (Wildman–Crippen MR) is 66.5 cm³/mol. The zero-order valence-electron chi connectivity index (χ0n) is 9.62.